The molecule has 0 saturated carbocycles. The van der Waals surface area contributed by atoms with Crippen molar-refractivity contribution in [3.05, 3.63) is 0 Å². The Kier molecular flexibility index (Phi) is 5.25. The molecule has 1 spiro atoms. The van der Waals surface area contributed by atoms with Crippen LogP contribution in [-0.2, 0) is 19.1 Å². The average molecular weight is 396 g/mol. The molecular weight excluding hydrogens is 362 g/mol. The third kappa shape index (κ3) is 2.76. The van der Waals surface area contributed by atoms with Crippen molar-refractivity contribution in [1.29, 1.82) is 0 Å². The lowest BCUT2D eigenvalue weighted by Gasteiger charge is -2.38. The van der Waals surface area contributed by atoms with E-state index in [0.29, 0.717) is 12.8 Å². The zero-order chi connectivity index (χ0) is 21.0. The van der Waals surface area contributed by atoms with Gasteiger partial charge in [-0.1, -0.05) is 13.8 Å². The predicted molar refractivity (Wildman–Crippen MR) is 102 cm³/mol. The lowest BCUT2D eigenvalue weighted by Crippen LogP contribution is -2.59. The molecular formula is C20H33N3O5. The molecule has 3 heterocycles. The maximum Gasteiger partial charge on any atom is 0.246 e. The molecule has 8 nitrogen and oxygen atoms in total. The Morgan fingerprint density at radius 2 is 1.89 bits per heavy atom. The first-order chi connectivity index (χ1) is 13.0. The first-order valence-electron chi connectivity index (χ1n) is 10.2. The zero-order valence-electron chi connectivity index (χ0n) is 17.6. The van der Waals surface area contributed by atoms with Gasteiger partial charge >= 0.3 is 0 Å². The Morgan fingerprint density at radius 1 is 1.25 bits per heavy atom. The maximum absolute atomic E-state index is 13.6. The summed E-state index contributed by atoms with van der Waals surface area (Å²) in [4.78, 5) is 41.1. The highest BCUT2D eigenvalue weighted by Gasteiger charge is 2.78. The van der Waals surface area contributed by atoms with E-state index in [-0.39, 0.29) is 36.3 Å². The van der Waals surface area contributed by atoms with Crippen molar-refractivity contribution in [3.8, 4) is 0 Å². The van der Waals surface area contributed by atoms with Crippen molar-refractivity contribution >= 4 is 17.7 Å². The van der Waals surface area contributed by atoms with Gasteiger partial charge in [-0.2, -0.15) is 0 Å². The number of aliphatic hydroxyl groups is 1. The molecule has 8 heteroatoms. The summed E-state index contributed by atoms with van der Waals surface area (Å²) < 4.78 is 6.43. The smallest absolute Gasteiger partial charge is 0.246 e. The number of hydrogen-bond donors (Lipinski definition) is 3. The first-order valence-corrected chi connectivity index (χ1v) is 10.2. The number of hydrogen-bond acceptors (Lipinski definition) is 5. The molecule has 3 N–H and O–H groups in total. The molecule has 0 aromatic carbocycles. The number of aliphatic hydroxyl groups excluding tert-OH is 1. The molecule has 158 valence electrons. The molecule has 2 bridgehead atoms. The molecule has 3 aliphatic rings. The number of ether oxygens (including phenoxy) is 1. The van der Waals surface area contributed by atoms with E-state index in [4.69, 9.17) is 4.74 Å². The summed E-state index contributed by atoms with van der Waals surface area (Å²) in [5.74, 6) is -2.21. The van der Waals surface area contributed by atoms with Gasteiger partial charge < -0.3 is 25.4 Å². The van der Waals surface area contributed by atoms with Crippen LogP contribution in [0.15, 0.2) is 0 Å². The average Bonchev–Trinajstić information content (AvgIpc) is 3.16. The lowest BCUT2D eigenvalue weighted by atomic mass is 9.66. The van der Waals surface area contributed by atoms with E-state index in [0.717, 1.165) is 0 Å². The van der Waals surface area contributed by atoms with Gasteiger partial charge in [0, 0.05) is 13.1 Å². The molecule has 0 aromatic rings. The summed E-state index contributed by atoms with van der Waals surface area (Å²) in [6.45, 7) is 9.16. The van der Waals surface area contributed by atoms with Crippen molar-refractivity contribution < 1.29 is 24.2 Å². The molecule has 0 aliphatic carbocycles. The maximum atomic E-state index is 13.6. The number of carbonyl (C=O) groups is 3. The number of nitrogens with one attached hydrogen (secondary N) is 2. The van der Waals surface area contributed by atoms with E-state index in [1.165, 1.54) is 4.90 Å². The van der Waals surface area contributed by atoms with Crippen molar-refractivity contribution in [2.24, 2.45) is 17.8 Å². The van der Waals surface area contributed by atoms with E-state index >= 15 is 0 Å². The molecule has 3 aliphatic heterocycles. The number of likely N-dealkylation sites (tertiary alicyclic amines) is 1. The topological polar surface area (TPSA) is 108 Å². The van der Waals surface area contributed by atoms with Crippen LogP contribution in [0.1, 0.15) is 47.5 Å². The van der Waals surface area contributed by atoms with Crippen LogP contribution in [0.2, 0.25) is 0 Å². The van der Waals surface area contributed by atoms with E-state index in [1.807, 2.05) is 34.6 Å². The van der Waals surface area contributed by atoms with Crippen molar-refractivity contribution in [3.63, 3.8) is 0 Å². The number of rotatable bonds is 6. The first kappa shape index (κ1) is 21.0. The third-order valence-electron chi connectivity index (χ3n) is 6.74. The molecule has 0 aromatic heterocycles. The van der Waals surface area contributed by atoms with Crippen LogP contribution in [0.3, 0.4) is 0 Å². The minimum atomic E-state index is -1.04. The van der Waals surface area contributed by atoms with Crippen molar-refractivity contribution in [1.82, 2.24) is 15.5 Å². The Bertz CT molecular complexity index is 681. The van der Waals surface area contributed by atoms with Gasteiger partial charge in [-0.15, -0.1) is 0 Å². The van der Waals surface area contributed by atoms with Crippen LogP contribution in [0.25, 0.3) is 0 Å². The van der Waals surface area contributed by atoms with Crippen molar-refractivity contribution in [2.75, 3.05) is 13.7 Å². The van der Waals surface area contributed by atoms with Gasteiger partial charge in [-0.05, 0) is 39.5 Å². The van der Waals surface area contributed by atoms with Crippen LogP contribution >= 0.6 is 0 Å². The van der Waals surface area contributed by atoms with Gasteiger partial charge in [0.2, 0.25) is 17.7 Å². The van der Waals surface area contributed by atoms with E-state index < -0.39 is 35.1 Å². The Hall–Kier alpha value is -1.67. The SMILES string of the molecule is CNC(=O)[C@@H]1[C@H]2C(=O)N([C@@H](CO)C(C)C)C(C(=O)NC(C)C)C23CC[C@@]1(C)O3. The highest BCUT2D eigenvalue weighted by Crippen LogP contribution is 2.63. The fraction of sp³-hybridized carbons (Fsp3) is 0.850. The summed E-state index contributed by atoms with van der Waals surface area (Å²) in [5, 5.41) is 15.6. The third-order valence-corrected chi connectivity index (χ3v) is 6.74. The number of fused-ring (bicyclic) bond motifs is 1. The second-order valence-corrected chi connectivity index (χ2v) is 9.24. The second kappa shape index (κ2) is 6.99. The summed E-state index contributed by atoms with van der Waals surface area (Å²) >= 11 is 0. The van der Waals surface area contributed by atoms with Crippen LogP contribution in [0.5, 0.6) is 0 Å². The fourth-order valence-electron chi connectivity index (χ4n) is 5.56. The standard InChI is InChI=1S/C20H33N3O5/c1-10(2)12(9-24)23-15(17(26)22-11(3)4)20-8-7-19(5,28-20)13(16(25)21-6)14(20)18(23)27/h10-15,24H,7-9H2,1-6H3,(H,21,25)(H,22,26)/t12-,13-,14-,15?,19+,20?/m0/s1. The van der Waals surface area contributed by atoms with Gasteiger partial charge in [0.15, 0.2) is 0 Å². The molecule has 3 saturated heterocycles. The largest absolute Gasteiger partial charge is 0.394 e. The lowest BCUT2D eigenvalue weighted by molar-refractivity contribution is -0.151. The second-order valence-electron chi connectivity index (χ2n) is 9.24. The highest BCUT2D eigenvalue weighted by atomic mass is 16.5. The quantitative estimate of drug-likeness (QED) is 0.589. The Balaban J connectivity index is 2.13. The number of carbonyl (C=O) groups excluding carboxylic acids is 3. The minimum absolute atomic E-state index is 0.0511. The fourth-order valence-corrected chi connectivity index (χ4v) is 5.56. The van der Waals surface area contributed by atoms with Gasteiger partial charge in [0.05, 0.1) is 30.1 Å². The van der Waals surface area contributed by atoms with E-state index in [9.17, 15) is 19.5 Å². The monoisotopic (exact) mass is 395 g/mol. The normalized spacial score (nSPS) is 37.5. The minimum Gasteiger partial charge on any atom is -0.394 e. The van der Waals surface area contributed by atoms with E-state index in [2.05, 4.69) is 10.6 Å². The Morgan fingerprint density at radius 3 is 2.39 bits per heavy atom. The molecule has 3 amide bonds. The van der Waals surface area contributed by atoms with Crippen LogP contribution in [-0.4, -0.2) is 70.7 Å². The van der Waals surface area contributed by atoms with Gasteiger partial charge in [-0.3, -0.25) is 14.4 Å². The predicted octanol–water partition coefficient (Wildman–Crippen LogP) is 0.0386. The van der Waals surface area contributed by atoms with Crippen LogP contribution < -0.4 is 10.6 Å². The zero-order valence-corrected chi connectivity index (χ0v) is 17.6. The van der Waals surface area contributed by atoms with Crippen LogP contribution in [0, 0.1) is 17.8 Å². The number of amides is 3. The molecule has 3 rings (SSSR count). The summed E-state index contributed by atoms with van der Waals surface area (Å²) in [5.41, 5.74) is -1.81. The molecule has 3 fully saturated rings. The molecule has 2 unspecified atom stereocenters. The molecule has 28 heavy (non-hydrogen) atoms. The van der Waals surface area contributed by atoms with Crippen molar-refractivity contribution in [2.45, 2.75) is 76.8 Å². The Labute approximate surface area is 166 Å². The molecule has 0 radical (unpaired) electrons. The number of nitrogens with zero attached hydrogens (tertiary/aromatic N) is 1. The molecule has 6 atom stereocenters. The van der Waals surface area contributed by atoms with Gasteiger partial charge in [0.1, 0.15) is 11.6 Å². The summed E-state index contributed by atoms with van der Waals surface area (Å²) in [6.07, 6.45) is 1.15. The van der Waals surface area contributed by atoms with Gasteiger partial charge in [0.25, 0.3) is 0 Å². The van der Waals surface area contributed by atoms with E-state index in [1.54, 1.807) is 7.05 Å². The highest BCUT2D eigenvalue weighted by molar-refractivity contribution is 5.99. The van der Waals surface area contributed by atoms with Crippen LogP contribution in [0.4, 0.5) is 0 Å². The summed E-state index contributed by atoms with van der Waals surface area (Å²) in [6, 6.07) is -1.48. The summed E-state index contributed by atoms with van der Waals surface area (Å²) in [7, 11) is 1.55. The van der Waals surface area contributed by atoms with Gasteiger partial charge in [-0.25, -0.2) is 0 Å².